The molecule has 0 aromatic heterocycles. The maximum Gasteiger partial charge on any atom is 0.317 e. The summed E-state index contributed by atoms with van der Waals surface area (Å²) < 4.78 is 24.9. The Morgan fingerprint density at radius 2 is 1.92 bits per heavy atom. The number of hydrogen-bond donors (Lipinski definition) is 3. The maximum absolute atomic E-state index is 13.5. The standard InChI is InChI=1S/C31H46FN3O4/c1-23(2)20-26(21-33-3)34-30(36)35-18-9-10-24(22-35)31(37,17-7-8-19-38-4)28-11-5-6-12-29(28)39-27-15-13-25(32)14-16-27/h5-6,11-16,23-24,26,33,37H,7-10,17-22H2,1-4H3,(H,34,36). The number of carbonyl (C=O) groups excluding carboxylic acids is 1. The molecule has 3 unspecified atom stereocenters. The van der Waals surface area contributed by atoms with Crippen molar-refractivity contribution in [3.05, 3.63) is 59.9 Å². The highest BCUT2D eigenvalue weighted by molar-refractivity contribution is 5.74. The Labute approximate surface area is 233 Å². The van der Waals surface area contributed by atoms with Crippen LogP contribution in [0.5, 0.6) is 11.5 Å². The van der Waals surface area contributed by atoms with Crippen molar-refractivity contribution in [3.63, 3.8) is 0 Å². The summed E-state index contributed by atoms with van der Waals surface area (Å²) in [5, 5.41) is 18.8. The van der Waals surface area contributed by atoms with Crippen LogP contribution in [0.15, 0.2) is 48.5 Å². The molecule has 1 fully saturated rings. The average Bonchev–Trinajstić information content (AvgIpc) is 2.92. The number of rotatable bonds is 14. The fourth-order valence-corrected chi connectivity index (χ4v) is 5.57. The highest BCUT2D eigenvalue weighted by atomic mass is 19.1. The van der Waals surface area contributed by atoms with Crippen molar-refractivity contribution in [1.82, 2.24) is 15.5 Å². The number of nitrogens with one attached hydrogen (secondary N) is 2. The minimum Gasteiger partial charge on any atom is -0.457 e. The second-order valence-electron chi connectivity index (χ2n) is 11.0. The number of amides is 2. The lowest BCUT2D eigenvalue weighted by Crippen LogP contribution is -2.54. The number of urea groups is 1. The van der Waals surface area contributed by atoms with Crippen LogP contribution in [0.3, 0.4) is 0 Å². The van der Waals surface area contributed by atoms with Gasteiger partial charge in [-0.3, -0.25) is 0 Å². The van der Waals surface area contributed by atoms with Crippen LogP contribution in [0.2, 0.25) is 0 Å². The lowest BCUT2D eigenvalue weighted by molar-refractivity contribution is -0.0575. The highest BCUT2D eigenvalue weighted by Gasteiger charge is 2.43. The van der Waals surface area contributed by atoms with Crippen molar-refractivity contribution >= 4 is 6.03 Å². The van der Waals surface area contributed by atoms with Crippen molar-refractivity contribution in [2.24, 2.45) is 11.8 Å². The van der Waals surface area contributed by atoms with Gasteiger partial charge in [0.1, 0.15) is 17.3 Å². The number of likely N-dealkylation sites (tertiary alicyclic amines) is 1. The van der Waals surface area contributed by atoms with Crippen molar-refractivity contribution < 1.29 is 23.8 Å². The molecular weight excluding hydrogens is 497 g/mol. The van der Waals surface area contributed by atoms with Crippen LogP contribution in [0.1, 0.15) is 57.9 Å². The van der Waals surface area contributed by atoms with E-state index in [1.807, 2.05) is 36.2 Å². The molecule has 0 saturated carbocycles. The number of benzene rings is 2. The van der Waals surface area contributed by atoms with E-state index in [-0.39, 0.29) is 23.8 Å². The third kappa shape index (κ3) is 8.92. The van der Waals surface area contributed by atoms with E-state index in [1.54, 1.807) is 19.2 Å². The van der Waals surface area contributed by atoms with E-state index in [0.29, 0.717) is 55.6 Å². The summed E-state index contributed by atoms with van der Waals surface area (Å²) in [6, 6.07) is 13.3. The molecule has 0 bridgehead atoms. The van der Waals surface area contributed by atoms with Crippen LogP contribution in [0, 0.1) is 17.7 Å². The Balaban J connectivity index is 1.85. The van der Waals surface area contributed by atoms with Gasteiger partial charge >= 0.3 is 6.03 Å². The normalized spacial score (nSPS) is 18.0. The van der Waals surface area contributed by atoms with Gasteiger partial charge < -0.3 is 30.1 Å². The lowest BCUT2D eigenvalue weighted by Gasteiger charge is -2.43. The first kappa shape index (κ1) is 30.9. The number of ether oxygens (including phenoxy) is 2. The Bertz CT molecular complexity index is 1020. The van der Waals surface area contributed by atoms with Gasteiger partial charge in [0.05, 0.1) is 5.60 Å². The van der Waals surface area contributed by atoms with E-state index >= 15 is 0 Å². The Kier molecular flexibility index (Phi) is 12.0. The summed E-state index contributed by atoms with van der Waals surface area (Å²) >= 11 is 0. The second-order valence-corrected chi connectivity index (χ2v) is 11.0. The highest BCUT2D eigenvalue weighted by Crippen LogP contribution is 2.44. The van der Waals surface area contributed by atoms with Crippen LogP contribution in [-0.2, 0) is 10.3 Å². The van der Waals surface area contributed by atoms with Gasteiger partial charge in [0, 0.05) is 50.9 Å². The van der Waals surface area contributed by atoms with E-state index in [0.717, 1.165) is 32.1 Å². The fraction of sp³-hybridized carbons (Fsp3) is 0.581. The largest absolute Gasteiger partial charge is 0.457 e. The first-order valence-electron chi connectivity index (χ1n) is 14.2. The molecule has 0 spiro atoms. The molecular formula is C31H46FN3O4. The fourth-order valence-electron chi connectivity index (χ4n) is 5.57. The smallest absolute Gasteiger partial charge is 0.317 e. The van der Waals surface area contributed by atoms with Crippen LogP contribution in [-0.4, -0.2) is 62.5 Å². The molecule has 0 aliphatic carbocycles. The quantitative estimate of drug-likeness (QED) is 0.267. The number of halogens is 1. The molecule has 1 aliphatic rings. The predicted molar refractivity (Wildman–Crippen MR) is 153 cm³/mol. The van der Waals surface area contributed by atoms with Gasteiger partial charge in [-0.2, -0.15) is 0 Å². The van der Waals surface area contributed by atoms with Crippen molar-refractivity contribution in [2.75, 3.05) is 40.4 Å². The summed E-state index contributed by atoms with van der Waals surface area (Å²) in [6.07, 6.45) is 4.58. The number of nitrogens with zero attached hydrogens (tertiary/aromatic N) is 1. The molecule has 3 N–H and O–H groups in total. The molecule has 1 heterocycles. The Morgan fingerprint density at radius 1 is 1.18 bits per heavy atom. The van der Waals surface area contributed by atoms with Gasteiger partial charge in [-0.1, -0.05) is 32.0 Å². The van der Waals surface area contributed by atoms with Gasteiger partial charge in [-0.05, 0) is 81.8 Å². The summed E-state index contributed by atoms with van der Waals surface area (Å²) in [4.78, 5) is 15.2. The summed E-state index contributed by atoms with van der Waals surface area (Å²) in [5.41, 5.74) is -0.530. The van der Waals surface area contributed by atoms with Gasteiger partial charge in [0.15, 0.2) is 0 Å². The third-order valence-electron chi connectivity index (χ3n) is 7.47. The molecule has 0 radical (unpaired) electrons. The Morgan fingerprint density at radius 3 is 2.62 bits per heavy atom. The predicted octanol–water partition coefficient (Wildman–Crippen LogP) is 5.68. The maximum atomic E-state index is 13.5. The number of piperidine rings is 1. The number of methoxy groups -OCH3 is 1. The number of carbonyl (C=O) groups is 1. The van der Waals surface area contributed by atoms with Crippen molar-refractivity contribution in [3.8, 4) is 11.5 Å². The monoisotopic (exact) mass is 543 g/mol. The molecule has 3 rings (SSSR count). The van der Waals surface area contributed by atoms with Crippen LogP contribution in [0.25, 0.3) is 0 Å². The zero-order chi connectivity index (χ0) is 28.3. The average molecular weight is 544 g/mol. The minimum absolute atomic E-state index is 0.0423. The number of unbranched alkanes of at least 4 members (excludes halogenated alkanes) is 1. The molecule has 2 aromatic rings. The SMILES string of the molecule is CNCC(CC(C)C)NC(=O)N1CCCC(C(O)(CCCCOC)c2ccccc2Oc2ccc(F)cc2)C1. The molecule has 7 nitrogen and oxygen atoms in total. The van der Waals surface area contributed by atoms with Crippen molar-refractivity contribution in [2.45, 2.75) is 64.0 Å². The van der Waals surface area contributed by atoms with E-state index in [4.69, 9.17) is 9.47 Å². The third-order valence-corrected chi connectivity index (χ3v) is 7.47. The minimum atomic E-state index is -1.22. The van der Waals surface area contributed by atoms with Crippen LogP contribution >= 0.6 is 0 Å². The summed E-state index contributed by atoms with van der Waals surface area (Å²) in [7, 11) is 3.57. The lowest BCUT2D eigenvalue weighted by atomic mass is 9.73. The van der Waals surface area contributed by atoms with Gasteiger partial charge in [-0.15, -0.1) is 0 Å². The van der Waals surface area contributed by atoms with Gasteiger partial charge in [-0.25, -0.2) is 9.18 Å². The van der Waals surface area contributed by atoms with Gasteiger partial charge in [0.2, 0.25) is 0 Å². The molecule has 2 aromatic carbocycles. The van der Waals surface area contributed by atoms with Crippen LogP contribution in [0.4, 0.5) is 9.18 Å². The number of likely N-dealkylation sites (N-methyl/N-ethyl adjacent to an activating group) is 1. The topological polar surface area (TPSA) is 83.1 Å². The van der Waals surface area contributed by atoms with E-state index in [9.17, 15) is 14.3 Å². The van der Waals surface area contributed by atoms with E-state index in [1.165, 1.54) is 12.1 Å². The van der Waals surface area contributed by atoms with Crippen LogP contribution < -0.4 is 15.4 Å². The first-order chi connectivity index (χ1) is 18.8. The molecule has 1 aliphatic heterocycles. The molecule has 39 heavy (non-hydrogen) atoms. The van der Waals surface area contributed by atoms with E-state index in [2.05, 4.69) is 24.5 Å². The first-order valence-corrected chi connectivity index (χ1v) is 14.2. The summed E-state index contributed by atoms with van der Waals surface area (Å²) in [6.45, 7) is 6.74. The Hall–Kier alpha value is -2.68. The molecule has 3 atom stereocenters. The van der Waals surface area contributed by atoms with E-state index < -0.39 is 5.60 Å². The second kappa shape index (κ2) is 15.2. The molecule has 216 valence electrons. The van der Waals surface area contributed by atoms with Crippen molar-refractivity contribution in [1.29, 1.82) is 0 Å². The molecule has 1 saturated heterocycles. The molecule has 8 heteroatoms. The zero-order valence-corrected chi connectivity index (χ0v) is 23.9. The number of hydrogen-bond acceptors (Lipinski definition) is 5. The number of para-hydroxylation sites is 1. The zero-order valence-electron chi connectivity index (χ0n) is 23.9. The number of aliphatic hydroxyl groups is 1. The summed E-state index contributed by atoms with van der Waals surface area (Å²) in [5.74, 6) is 0.982. The molecule has 2 amide bonds. The van der Waals surface area contributed by atoms with Gasteiger partial charge in [0.25, 0.3) is 0 Å².